The van der Waals surface area contributed by atoms with Gasteiger partial charge < -0.3 is 14.2 Å². The molecule has 0 radical (unpaired) electrons. The summed E-state index contributed by atoms with van der Waals surface area (Å²) in [6.45, 7) is 11.9. The Kier molecular flexibility index (Phi) is 30.3. The van der Waals surface area contributed by atoms with Crippen molar-refractivity contribution in [1.29, 1.82) is 0 Å². The fourth-order valence-corrected chi connectivity index (χ4v) is 7.25. The third kappa shape index (κ3) is 24.7. The Bertz CT molecular complexity index is 1080. The first-order valence-electron chi connectivity index (χ1n) is 23.2. The highest BCUT2D eigenvalue weighted by molar-refractivity contribution is 5.55. The van der Waals surface area contributed by atoms with E-state index >= 15 is 0 Å². The lowest BCUT2D eigenvalue weighted by molar-refractivity contribution is -0.688. The van der Waals surface area contributed by atoms with E-state index in [2.05, 4.69) is 68.9 Å². The van der Waals surface area contributed by atoms with Gasteiger partial charge >= 0.3 is 0 Å². The van der Waals surface area contributed by atoms with E-state index in [1.165, 1.54) is 179 Å². The molecule has 0 saturated heterocycles. The second-order valence-corrected chi connectivity index (χ2v) is 16.0. The third-order valence-corrected chi connectivity index (χ3v) is 10.8. The molecule has 2 rings (SSSR count). The second-order valence-electron chi connectivity index (χ2n) is 16.0. The number of hydrogen-bond donors (Lipinski definition) is 0. The molecule has 4 heteroatoms. The van der Waals surface area contributed by atoms with Crippen molar-refractivity contribution < 1.29 is 18.8 Å². The molecule has 0 atom stereocenters. The summed E-state index contributed by atoms with van der Waals surface area (Å²) in [6.07, 6.45) is 44.0. The van der Waals surface area contributed by atoms with Gasteiger partial charge in [0.1, 0.15) is 0 Å². The van der Waals surface area contributed by atoms with Crippen LogP contribution in [0, 0.1) is 6.92 Å². The molecule has 0 unspecified atom stereocenters. The molecule has 0 spiro atoms. The SMILES string of the molecule is CCCCCCCCCCCCOc1ccc(C[n+]2ccc(C)cc2)c(OCCCCCCCCCCCC)c1OCCCCCCCCCCCC. The number of pyridine rings is 1. The quantitative estimate of drug-likeness (QED) is 0.0508. The smallest absolute Gasteiger partial charge is 0.204 e. The highest BCUT2D eigenvalue weighted by atomic mass is 16.5. The van der Waals surface area contributed by atoms with Gasteiger partial charge in [0.05, 0.1) is 25.4 Å². The molecule has 0 amide bonds. The van der Waals surface area contributed by atoms with Gasteiger partial charge in [0.25, 0.3) is 0 Å². The van der Waals surface area contributed by atoms with Crippen molar-refractivity contribution in [2.24, 2.45) is 0 Å². The largest absolute Gasteiger partial charge is 0.490 e. The minimum absolute atomic E-state index is 0.709. The maximum Gasteiger partial charge on any atom is 0.204 e. The second kappa shape index (κ2) is 34.3. The summed E-state index contributed by atoms with van der Waals surface area (Å²) in [5, 5.41) is 0. The zero-order valence-electron chi connectivity index (χ0n) is 35.7. The molecule has 304 valence electrons. The van der Waals surface area contributed by atoms with Gasteiger partial charge in [-0.2, -0.15) is 0 Å². The van der Waals surface area contributed by atoms with Crippen LogP contribution in [0.1, 0.15) is 225 Å². The predicted octanol–water partition coefficient (Wildman–Crippen LogP) is 15.2. The summed E-state index contributed by atoms with van der Waals surface area (Å²) in [6, 6.07) is 8.71. The molecule has 0 saturated carbocycles. The minimum Gasteiger partial charge on any atom is -0.490 e. The summed E-state index contributed by atoms with van der Waals surface area (Å²) < 4.78 is 22.2. The van der Waals surface area contributed by atoms with E-state index in [1.807, 2.05) is 0 Å². The summed E-state index contributed by atoms with van der Waals surface area (Å²) in [5.74, 6) is 2.57. The van der Waals surface area contributed by atoms with Crippen LogP contribution in [0.15, 0.2) is 36.7 Å². The standard InChI is InChI=1S/C49H86NO3/c1-5-8-11-14-17-20-23-26-29-32-41-51-47-36-35-46(44-50-39-37-45(4)38-40-50)48(52-42-33-30-27-24-21-18-15-12-9-6-2)49(47)53-43-34-31-28-25-22-19-16-13-10-7-3/h35-40H,5-34,41-44H2,1-4H3/q+1. The molecule has 0 fully saturated rings. The van der Waals surface area contributed by atoms with Gasteiger partial charge in [-0.15, -0.1) is 0 Å². The molecule has 4 nitrogen and oxygen atoms in total. The van der Waals surface area contributed by atoms with Crippen molar-refractivity contribution in [1.82, 2.24) is 0 Å². The number of unbranched alkanes of at least 4 members (excludes halogenated alkanes) is 27. The lowest BCUT2D eigenvalue weighted by Gasteiger charge is -2.19. The number of benzene rings is 1. The Labute approximate surface area is 329 Å². The molecule has 0 aliphatic rings. The molecule has 0 aliphatic heterocycles. The molecule has 0 bridgehead atoms. The van der Waals surface area contributed by atoms with E-state index in [0.717, 1.165) is 61.8 Å². The van der Waals surface area contributed by atoms with Crippen molar-refractivity contribution in [2.75, 3.05) is 19.8 Å². The van der Waals surface area contributed by atoms with Crippen LogP contribution >= 0.6 is 0 Å². The molecule has 0 N–H and O–H groups in total. The topological polar surface area (TPSA) is 31.6 Å². The number of aromatic nitrogens is 1. The number of nitrogens with zero attached hydrogens (tertiary/aromatic N) is 1. The summed E-state index contributed by atoms with van der Waals surface area (Å²) in [4.78, 5) is 0. The lowest BCUT2D eigenvalue weighted by atomic mass is 10.1. The molecule has 0 aliphatic carbocycles. The zero-order valence-corrected chi connectivity index (χ0v) is 35.7. The Hall–Kier alpha value is -2.23. The molecule has 1 heterocycles. The summed E-state index contributed by atoms with van der Waals surface area (Å²) >= 11 is 0. The van der Waals surface area contributed by atoms with Crippen LogP contribution in [-0.4, -0.2) is 19.8 Å². The first-order chi connectivity index (χ1) is 26.2. The van der Waals surface area contributed by atoms with Crippen LogP contribution in [0.5, 0.6) is 17.2 Å². The highest BCUT2D eigenvalue weighted by Gasteiger charge is 2.21. The van der Waals surface area contributed by atoms with Gasteiger partial charge in [-0.3, -0.25) is 0 Å². The predicted molar refractivity (Wildman–Crippen MR) is 229 cm³/mol. The fourth-order valence-electron chi connectivity index (χ4n) is 7.25. The number of rotatable bonds is 38. The molecule has 2 aromatic rings. The number of hydrogen-bond acceptors (Lipinski definition) is 3. The van der Waals surface area contributed by atoms with Crippen LogP contribution in [-0.2, 0) is 6.54 Å². The van der Waals surface area contributed by atoms with Crippen molar-refractivity contribution in [3.8, 4) is 17.2 Å². The van der Waals surface area contributed by atoms with Crippen molar-refractivity contribution in [2.45, 2.75) is 227 Å². The van der Waals surface area contributed by atoms with Gasteiger partial charge in [0, 0.05) is 12.1 Å². The first kappa shape index (κ1) is 46.9. The summed E-state index contributed by atoms with van der Waals surface area (Å²) in [7, 11) is 0. The molecule has 1 aromatic carbocycles. The highest BCUT2D eigenvalue weighted by Crippen LogP contribution is 2.41. The van der Waals surface area contributed by atoms with E-state index in [4.69, 9.17) is 14.2 Å². The minimum atomic E-state index is 0.709. The Morgan fingerprint density at radius 1 is 0.377 bits per heavy atom. The van der Waals surface area contributed by atoms with Gasteiger partial charge in [0.15, 0.2) is 30.4 Å². The fraction of sp³-hybridized carbons (Fsp3) is 0.776. The van der Waals surface area contributed by atoms with Crippen LogP contribution in [0.4, 0.5) is 0 Å². The van der Waals surface area contributed by atoms with Gasteiger partial charge in [0.2, 0.25) is 5.75 Å². The Morgan fingerprint density at radius 2 is 0.717 bits per heavy atom. The van der Waals surface area contributed by atoms with Crippen LogP contribution in [0.3, 0.4) is 0 Å². The number of aryl methyl sites for hydroxylation is 1. The Morgan fingerprint density at radius 3 is 1.11 bits per heavy atom. The van der Waals surface area contributed by atoms with E-state index in [9.17, 15) is 0 Å². The van der Waals surface area contributed by atoms with Crippen molar-refractivity contribution in [3.63, 3.8) is 0 Å². The van der Waals surface area contributed by atoms with E-state index in [0.29, 0.717) is 6.61 Å². The first-order valence-corrected chi connectivity index (χ1v) is 23.2. The van der Waals surface area contributed by atoms with E-state index in [-0.39, 0.29) is 0 Å². The van der Waals surface area contributed by atoms with Crippen molar-refractivity contribution in [3.05, 3.63) is 47.8 Å². The molecular formula is C49H86NO3+. The normalized spacial score (nSPS) is 11.3. The van der Waals surface area contributed by atoms with Gasteiger partial charge in [-0.25, -0.2) is 4.57 Å². The molecule has 1 aromatic heterocycles. The molecular weight excluding hydrogens is 651 g/mol. The van der Waals surface area contributed by atoms with Crippen LogP contribution in [0.2, 0.25) is 0 Å². The van der Waals surface area contributed by atoms with E-state index < -0.39 is 0 Å². The maximum absolute atomic E-state index is 6.72. The number of ether oxygens (including phenoxy) is 3. The average Bonchev–Trinajstić information content (AvgIpc) is 3.17. The van der Waals surface area contributed by atoms with E-state index in [1.54, 1.807) is 0 Å². The van der Waals surface area contributed by atoms with Gasteiger partial charge in [-0.1, -0.05) is 194 Å². The summed E-state index contributed by atoms with van der Waals surface area (Å²) in [5.41, 5.74) is 2.44. The third-order valence-electron chi connectivity index (χ3n) is 10.8. The van der Waals surface area contributed by atoms with Crippen LogP contribution in [0.25, 0.3) is 0 Å². The molecule has 53 heavy (non-hydrogen) atoms. The zero-order chi connectivity index (χ0) is 37.9. The maximum atomic E-state index is 6.72. The lowest BCUT2D eigenvalue weighted by Crippen LogP contribution is -2.33. The van der Waals surface area contributed by atoms with Gasteiger partial charge in [-0.05, 0) is 43.9 Å². The van der Waals surface area contributed by atoms with Crippen molar-refractivity contribution >= 4 is 0 Å². The van der Waals surface area contributed by atoms with Crippen LogP contribution < -0.4 is 18.8 Å². The average molecular weight is 737 g/mol. The Balaban J connectivity index is 2.00. The monoisotopic (exact) mass is 737 g/mol.